The van der Waals surface area contributed by atoms with Crippen LogP contribution in [0.5, 0.6) is 5.75 Å². The summed E-state index contributed by atoms with van der Waals surface area (Å²) in [6, 6.07) is 3.83. The molecule has 0 aliphatic carbocycles. The van der Waals surface area contributed by atoms with Crippen LogP contribution in [-0.4, -0.2) is 19.6 Å². The van der Waals surface area contributed by atoms with E-state index >= 15 is 0 Å². The van der Waals surface area contributed by atoms with Crippen molar-refractivity contribution in [3.8, 4) is 5.75 Å². The lowest BCUT2D eigenvalue weighted by molar-refractivity contribution is 0.0957. The Morgan fingerprint density at radius 1 is 1.50 bits per heavy atom. The second kappa shape index (κ2) is 6.24. The van der Waals surface area contributed by atoms with E-state index in [4.69, 9.17) is 4.74 Å². The van der Waals surface area contributed by atoms with Gasteiger partial charge in [0.15, 0.2) is 0 Å². The number of methoxy groups -OCH3 is 1. The third kappa shape index (κ3) is 3.13. The van der Waals surface area contributed by atoms with Crippen molar-refractivity contribution in [2.75, 3.05) is 13.7 Å². The van der Waals surface area contributed by atoms with Crippen molar-refractivity contribution in [3.63, 3.8) is 0 Å². The van der Waals surface area contributed by atoms with E-state index in [1.54, 1.807) is 13.2 Å². The summed E-state index contributed by atoms with van der Waals surface area (Å²) in [5.41, 5.74) is 2.66. The summed E-state index contributed by atoms with van der Waals surface area (Å²) in [5.74, 6) is 1.08. The van der Waals surface area contributed by atoms with Crippen molar-refractivity contribution < 1.29 is 9.53 Å². The molecule has 1 aromatic carbocycles. The summed E-state index contributed by atoms with van der Waals surface area (Å²) in [6.45, 7) is 10.1. The van der Waals surface area contributed by atoms with Crippen LogP contribution in [0.1, 0.15) is 41.3 Å². The van der Waals surface area contributed by atoms with Gasteiger partial charge in [0, 0.05) is 12.1 Å². The van der Waals surface area contributed by atoms with Crippen molar-refractivity contribution in [2.45, 2.75) is 26.7 Å². The predicted octanol–water partition coefficient (Wildman–Crippen LogP) is 3.04. The molecule has 0 aromatic heterocycles. The molecule has 0 radical (unpaired) electrons. The molecule has 0 fully saturated rings. The van der Waals surface area contributed by atoms with Crippen LogP contribution in [0.2, 0.25) is 0 Å². The molecule has 0 aliphatic rings. The highest BCUT2D eigenvalue weighted by atomic mass is 16.5. The van der Waals surface area contributed by atoms with Crippen LogP contribution >= 0.6 is 0 Å². The van der Waals surface area contributed by atoms with Crippen molar-refractivity contribution in [1.82, 2.24) is 5.32 Å². The van der Waals surface area contributed by atoms with Gasteiger partial charge in [-0.25, -0.2) is 0 Å². The molecule has 1 rings (SSSR count). The number of amides is 1. The van der Waals surface area contributed by atoms with Gasteiger partial charge in [0.2, 0.25) is 0 Å². The normalized spacial score (nSPS) is 10.3. The molecule has 18 heavy (non-hydrogen) atoms. The van der Waals surface area contributed by atoms with Gasteiger partial charge in [-0.15, -0.1) is 6.58 Å². The maximum Gasteiger partial charge on any atom is 0.251 e. The second-order valence-electron chi connectivity index (χ2n) is 4.56. The largest absolute Gasteiger partial charge is 0.496 e. The van der Waals surface area contributed by atoms with Gasteiger partial charge in [-0.3, -0.25) is 4.79 Å². The van der Waals surface area contributed by atoms with Crippen LogP contribution in [0.4, 0.5) is 0 Å². The Morgan fingerprint density at radius 3 is 2.67 bits per heavy atom. The number of carbonyl (C=O) groups excluding carboxylic acids is 1. The number of hydrogen-bond donors (Lipinski definition) is 1. The minimum absolute atomic E-state index is 0.0723. The van der Waals surface area contributed by atoms with Gasteiger partial charge in [0.05, 0.1) is 7.11 Å². The average molecular weight is 247 g/mol. The SMILES string of the molecule is C=CCNC(=O)c1cc(C(C)C)c(OC)cc1C. The van der Waals surface area contributed by atoms with Gasteiger partial charge in [-0.2, -0.15) is 0 Å². The van der Waals surface area contributed by atoms with E-state index in [0.29, 0.717) is 18.0 Å². The van der Waals surface area contributed by atoms with Gasteiger partial charge in [-0.1, -0.05) is 19.9 Å². The molecule has 3 heteroatoms. The van der Waals surface area contributed by atoms with E-state index in [0.717, 1.165) is 16.9 Å². The smallest absolute Gasteiger partial charge is 0.251 e. The predicted molar refractivity (Wildman–Crippen MR) is 74.4 cm³/mol. The molecule has 0 bridgehead atoms. The second-order valence-corrected chi connectivity index (χ2v) is 4.56. The average Bonchev–Trinajstić information content (AvgIpc) is 2.34. The lowest BCUT2D eigenvalue weighted by atomic mass is 9.96. The maximum absolute atomic E-state index is 12.0. The van der Waals surface area contributed by atoms with Crippen LogP contribution < -0.4 is 10.1 Å². The molecule has 0 saturated heterocycles. The zero-order chi connectivity index (χ0) is 13.7. The summed E-state index contributed by atoms with van der Waals surface area (Å²) in [5, 5.41) is 2.80. The number of benzene rings is 1. The Bertz CT molecular complexity index is 450. The Hall–Kier alpha value is -1.77. The van der Waals surface area contributed by atoms with E-state index in [1.165, 1.54) is 0 Å². The van der Waals surface area contributed by atoms with E-state index < -0.39 is 0 Å². The first kappa shape index (κ1) is 14.3. The van der Waals surface area contributed by atoms with Gasteiger partial charge >= 0.3 is 0 Å². The zero-order valence-electron chi connectivity index (χ0n) is 11.5. The van der Waals surface area contributed by atoms with E-state index in [1.807, 2.05) is 19.1 Å². The van der Waals surface area contributed by atoms with Gasteiger partial charge in [0.25, 0.3) is 5.91 Å². The van der Waals surface area contributed by atoms with E-state index in [-0.39, 0.29) is 5.91 Å². The quantitative estimate of drug-likeness (QED) is 0.812. The summed E-state index contributed by atoms with van der Waals surface area (Å²) < 4.78 is 5.36. The van der Waals surface area contributed by atoms with Crippen molar-refractivity contribution in [1.29, 1.82) is 0 Å². The number of carbonyl (C=O) groups is 1. The third-order valence-electron chi connectivity index (χ3n) is 2.85. The third-order valence-corrected chi connectivity index (χ3v) is 2.85. The van der Waals surface area contributed by atoms with Crippen molar-refractivity contribution >= 4 is 5.91 Å². The molecule has 0 aliphatic heterocycles. The minimum Gasteiger partial charge on any atom is -0.496 e. The maximum atomic E-state index is 12.0. The van der Waals surface area contributed by atoms with Crippen LogP contribution in [0.25, 0.3) is 0 Å². The molecule has 0 spiro atoms. The van der Waals surface area contributed by atoms with Crippen LogP contribution in [-0.2, 0) is 0 Å². The Labute approximate surface area is 109 Å². The van der Waals surface area contributed by atoms with Gasteiger partial charge in [-0.05, 0) is 36.1 Å². The Kier molecular flexibility index (Phi) is 4.95. The fourth-order valence-corrected chi connectivity index (χ4v) is 1.83. The molecule has 0 atom stereocenters. The number of ether oxygens (including phenoxy) is 1. The molecule has 0 saturated carbocycles. The molecular formula is C15H21NO2. The Morgan fingerprint density at radius 2 is 2.17 bits per heavy atom. The minimum atomic E-state index is -0.0723. The highest BCUT2D eigenvalue weighted by molar-refractivity contribution is 5.96. The fourth-order valence-electron chi connectivity index (χ4n) is 1.83. The number of rotatable bonds is 5. The van der Waals surface area contributed by atoms with Gasteiger partial charge in [0.1, 0.15) is 5.75 Å². The van der Waals surface area contributed by atoms with Crippen molar-refractivity contribution in [3.05, 3.63) is 41.5 Å². The topological polar surface area (TPSA) is 38.3 Å². The number of aryl methyl sites for hydroxylation is 1. The monoisotopic (exact) mass is 247 g/mol. The molecule has 1 aromatic rings. The summed E-state index contributed by atoms with van der Waals surface area (Å²) in [4.78, 5) is 12.0. The summed E-state index contributed by atoms with van der Waals surface area (Å²) in [7, 11) is 1.65. The summed E-state index contributed by atoms with van der Waals surface area (Å²) in [6.07, 6.45) is 1.67. The molecule has 0 unspecified atom stereocenters. The first-order chi connectivity index (χ1) is 8.51. The molecule has 1 amide bonds. The van der Waals surface area contributed by atoms with E-state index in [2.05, 4.69) is 25.7 Å². The first-order valence-electron chi connectivity index (χ1n) is 6.08. The highest BCUT2D eigenvalue weighted by Crippen LogP contribution is 2.29. The molecular weight excluding hydrogens is 226 g/mol. The number of hydrogen-bond acceptors (Lipinski definition) is 2. The lowest BCUT2D eigenvalue weighted by Crippen LogP contribution is -2.24. The van der Waals surface area contributed by atoms with E-state index in [9.17, 15) is 4.79 Å². The molecule has 1 N–H and O–H groups in total. The highest BCUT2D eigenvalue weighted by Gasteiger charge is 2.15. The summed E-state index contributed by atoms with van der Waals surface area (Å²) >= 11 is 0. The number of nitrogens with one attached hydrogen (secondary N) is 1. The standard InChI is InChI=1S/C15H21NO2/c1-6-7-16-15(17)13-9-12(10(2)3)14(18-5)8-11(13)4/h6,8-10H,1,7H2,2-5H3,(H,16,17). The van der Waals surface area contributed by atoms with Gasteiger partial charge < -0.3 is 10.1 Å². The fraction of sp³-hybridized carbons (Fsp3) is 0.400. The molecule has 98 valence electrons. The van der Waals surface area contributed by atoms with Crippen LogP contribution in [0, 0.1) is 6.92 Å². The Balaban J connectivity index is 3.16. The van der Waals surface area contributed by atoms with Crippen molar-refractivity contribution in [2.24, 2.45) is 0 Å². The first-order valence-corrected chi connectivity index (χ1v) is 6.08. The lowest BCUT2D eigenvalue weighted by Gasteiger charge is -2.15. The molecule has 0 heterocycles. The van der Waals surface area contributed by atoms with Crippen LogP contribution in [0.3, 0.4) is 0 Å². The van der Waals surface area contributed by atoms with Crippen LogP contribution in [0.15, 0.2) is 24.8 Å². The zero-order valence-corrected chi connectivity index (χ0v) is 11.5. The molecule has 3 nitrogen and oxygen atoms in total.